The molecule has 0 amide bonds. The molecule has 1 aromatic heterocycles. The van der Waals surface area contributed by atoms with E-state index in [1.807, 2.05) is 0 Å². The Balaban J connectivity index is 3.22. The first kappa shape index (κ1) is 9.85. The van der Waals surface area contributed by atoms with Crippen LogP contribution < -0.4 is 0 Å². The van der Waals surface area contributed by atoms with Gasteiger partial charge in [0.05, 0.1) is 12.3 Å². The van der Waals surface area contributed by atoms with Gasteiger partial charge in [0.15, 0.2) is 0 Å². The van der Waals surface area contributed by atoms with Crippen molar-refractivity contribution in [3.63, 3.8) is 0 Å². The van der Waals surface area contributed by atoms with Gasteiger partial charge in [-0.1, -0.05) is 0 Å². The fourth-order valence-corrected chi connectivity index (χ4v) is 0.990. The highest BCUT2D eigenvalue weighted by Gasteiger charge is 2.14. The maximum atomic E-state index is 12.2. The van der Waals surface area contributed by atoms with Crippen LogP contribution in [0.4, 0.5) is 8.78 Å². The van der Waals surface area contributed by atoms with Crippen LogP contribution in [0.5, 0.6) is 5.75 Å². The number of halogens is 2. The number of aliphatic hydroxyl groups excluding tert-OH is 1. The van der Waals surface area contributed by atoms with Crippen LogP contribution in [0.2, 0.25) is 0 Å². The average molecular weight is 189 g/mol. The fourth-order valence-electron chi connectivity index (χ4n) is 0.990. The molecule has 72 valence electrons. The first-order valence-corrected chi connectivity index (χ1v) is 3.64. The Morgan fingerprint density at radius 3 is 2.62 bits per heavy atom. The van der Waals surface area contributed by atoms with Gasteiger partial charge in [-0.3, -0.25) is 0 Å². The minimum Gasteiger partial charge on any atom is -0.506 e. The number of aryl methyl sites for hydroxylation is 1. The van der Waals surface area contributed by atoms with Gasteiger partial charge in [0, 0.05) is 5.56 Å². The predicted molar refractivity (Wildman–Crippen MR) is 41.5 cm³/mol. The summed E-state index contributed by atoms with van der Waals surface area (Å²) in [5, 5.41) is 18.0. The number of hydrogen-bond acceptors (Lipinski definition) is 3. The summed E-state index contributed by atoms with van der Waals surface area (Å²) in [6, 6.07) is 0.993. The zero-order chi connectivity index (χ0) is 10.0. The monoisotopic (exact) mass is 189 g/mol. The van der Waals surface area contributed by atoms with E-state index < -0.39 is 18.7 Å². The third-order valence-corrected chi connectivity index (χ3v) is 1.66. The summed E-state index contributed by atoms with van der Waals surface area (Å²) in [5.41, 5.74) is -0.260. The van der Waals surface area contributed by atoms with E-state index in [0.29, 0.717) is 0 Å². The molecule has 0 bridgehead atoms. The Labute approximate surface area is 73.7 Å². The predicted octanol–water partition coefficient (Wildman–Crippen LogP) is 1.53. The summed E-state index contributed by atoms with van der Waals surface area (Å²) in [7, 11) is 0. The molecular weight excluding hydrogens is 180 g/mol. The standard InChI is InChI=1S/C8H9F2NO2/c1-4-7(13)5(3-12)2-6(11-4)8(9)10/h2,8,12-13H,3H2,1H3. The third-order valence-electron chi connectivity index (χ3n) is 1.66. The van der Waals surface area contributed by atoms with Gasteiger partial charge in [-0.15, -0.1) is 0 Å². The highest BCUT2D eigenvalue weighted by Crippen LogP contribution is 2.25. The van der Waals surface area contributed by atoms with E-state index in [2.05, 4.69) is 4.98 Å². The lowest BCUT2D eigenvalue weighted by Gasteiger charge is -2.06. The van der Waals surface area contributed by atoms with Crippen molar-refractivity contribution in [2.75, 3.05) is 0 Å². The van der Waals surface area contributed by atoms with Gasteiger partial charge >= 0.3 is 0 Å². The highest BCUT2D eigenvalue weighted by atomic mass is 19.3. The highest BCUT2D eigenvalue weighted by molar-refractivity contribution is 5.36. The van der Waals surface area contributed by atoms with Crippen molar-refractivity contribution in [2.45, 2.75) is 20.0 Å². The lowest BCUT2D eigenvalue weighted by Crippen LogP contribution is -1.97. The normalized spacial score (nSPS) is 10.8. The second-order valence-corrected chi connectivity index (χ2v) is 2.60. The lowest BCUT2D eigenvalue weighted by atomic mass is 10.2. The Morgan fingerprint density at radius 2 is 2.15 bits per heavy atom. The molecule has 0 fully saturated rings. The minimum absolute atomic E-state index is 0.0720. The van der Waals surface area contributed by atoms with Crippen molar-refractivity contribution in [3.05, 3.63) is 23.0 Å². The summed E-state index contributed by atoms with van der Waals surface area (Å²) in [6.45, 7) is 0.926. The van der Waals surface area contributed by atoms with E-state index in [9.17, 15) is 13.9 Å². The van der Waals surface area contributed by atoms with Crippen LogP contribution in [-0.4, -0.2) is 15.2 Å². The van der Waals surface area contributed by atoms with Gasteiger partial charge in [0.2, 0.25) is 0 Å². The van der Waals surface area contributed by atoms with Gasteiger partial charge in [0.25, 0.3) is 6.43 Å². The van der Waals surface area contributed by atoms with E-state index in [0.717, 1.165) is 6.07 Å². The molecule has 1 aromatic rings. The van der Waals surface area contributed by atoms with Crippen LogP contribution in [0.1, 0.15) is 23.4 Å². The van der Waals surface area contributed by atoms with E-state index in [4.69, 9.17) is 5.11 Å². The molecule has 0 saturated carbocycles. The molecule has 0 aliphatic carbocycles. The van der Waals surface area contributed by atoms with Gasteiger partial charge in [-0.25, -0.2) is 13.8 Å². The second kappa shape index (κ2) is 3.66. The first-order chi connectivity index (χ1) is 6.06. The molecule has 1 rings (SSSR count). The van der Waals surface area contributed by atoms with Crippen LogP contribution in [0, 0.1) is 6.92 Å². The number of aromatic hydroxyl groups is 1. The topological polar surface area (TPSA) is 53.4 Å². The zero-order valence-electron chi connectivity index (χ0n) is 6.96. The molecule has 13 heavy (non-hydrogen) atoms. The lowest BCUT2D eigenvalue weighted by molar-refractivity contribution is 0.145. The number of pyridine rings is 1. The van der Waals surface area contributed by atoms with Crippen molar-refractivity contribution in [3.8, 4) is 5.75 Å². The summed E-state index contributed by atoms with van der Waals surface area (Å²) in [4.78, 5) is 3.47. The fraction of sp³-hybridized carbons (Fsp3) is 0.375. The molecule has 0 aliphatic rings. The molecule has 5 heteroatoms. The minimum atomic E-state index is -2.69. The molecule has 0 unspecified atom stereocenters. The number of aliphatic hydroxyl groups is 1. The zero-order valence-corrected chi connectivity index (χ0v) is 6.96. The third kappa shape index (κ3) is 1.92. The summed E-state index contributed by atoms with van der Waals surface area (Å²) >= 11 is 0. The van der Waals surface area contributed by atoms with Crippen LogP contribution in [0.3, 0.4) is 0 Å². The van der Waals surface area contributed by atoms with E-state index in [-0.39, 0.29) is 17.0 Å². The Morgan fingerprint density at radius 1 is 1.54 bits per heavy atom. The SMILES string of the molecule is Cc1nc(C(F)F)cc(CO)c1O. The summed E-state index contributed by atoms with van der Waals surface area (Å²) < 4.78 is 24.3. The number of alkyl halides is 2. The molecule has 2 N–H and O–H groups in total. The van der Waals surface area contributed by atoms with Crippen molar-refractivity contribution in [2.24, 2.45) is 0 Å². The first-order valence-electron chi connectivity index (χ1n) is 3.64. The van der Waals surface area contributed by atoms with Crippen molar-refractivity contribution < 1.29 is 19.0 Å². The molecule has 0 aliphatic heterocycles. The smallest absolute Gasteiger partial charge is 0.280 e. The number of hydrogen-bond donors (Lipinski definition) is 2. The van der Waals surface area contributed by atoms with E-state index in [1.165, 1.54) is 6.92 Å². The largest absolute Gasteiger partial charge is 0.506 e. The molecule has 0 atom stereocenters. The average Bonchev–Trinajstić information content (AvgIpc) is 2.09. The molecular formula is C8H9F2NO2. The van der Waals surface area contributed by atoms with Crippen molar-refractivity contribution >= 4 is 0 Å². The van der Waals surface area contributed by atoms with Crippen LogP contribution in [-0.2, 0) is 6.61 Å². The number of aromatic nitrogens is 1. The second-order valence-electron chi connectivity index (χ2n) is 2.60. The molecule has 1 heterocycles. The quantitative estimate of drug-likeness (QED) is 0.741. The molecule has 0 saturated heterocycles. The molecule has 3 nitrogen and oxygen atoms in total. The van der Waals surface area contributed by atoms with Crippen molar-refractivity contribution in [1.29, 1.82) is 0 Å². The van der Waals surface area contributed by atoms with Crippen LogP contribution in [0.15, 0.2) is 6.07 Å². The van der Waals surface area contributed by atoms with Crippen LogP contribution >= 0.6 is 0 Å². The molecule has 0 radical (unpaired) electrons. The van der Waals surface area contributed by atoms with Crippen molar-refractivity contribution in [1.82, 2.24) is 4.98 Å². The molecule has 0 spiro atoms. The Kier molecular flexibility index (Phi) is 2.77. The number of rotatable bonds is 2. The van der Waals surface area contributed by atoms with E-state index in [1.54, 1.807) is 0 Å². The van der Waals surface area contributed by atoms with Gasteiger partial charge in [-0.05, 0) is 13.0 Å². The maximum absolute atomic E-state index is 12.2. The Hall–Kier alpha value is -1.23. The van der Waals surface area contributed by atoms with Gasteiger partial charge in [-0.2, -0.15) is 0 Å². The van der Waals surface area contributed by atoms with Crippen LogP contribution in [0.25, 0.3) is 0 Å². The summed E-state index contributed by atoms with van der Waals surface area (Å²) in [6.07, 6.45) is -2.69. The van der Waals surface area contributed by atoms with E-state index >= 15 is 0 Å². The Bertz CT molecular complexity index is 315. The van der Waals surface area contributed by atoms with Gasteiger partial charge in [0.1, 0.15) is 11.4 Å². The van der Waals surface area contributed by atoms with Gasteiger partial charge < -0.3 is 10.2 Å². The molecule has 0 aromatic carbocycles. The summed E-state index contributed by atoms with van der Waals surface area (Å²) in [5.74, 6) is -0.230. The maximum Gasteiger partial charge on any atom is 0.280 e. The number of nitrogens with zero attached hydrogens (tertiary/aromatic N) is 1.